The lowest BCUT2D eigenvalue weighted by Gasteiger charge is -2.34. The van der Waals surface area contributed by atoms with E-state index in [1.165, 1.54) is 0 Å². The van der Waals surface area contributed by atoms with Crippen molar-refractivity contribution in [1.82, 2.24) is 4.98 Å². The molecule has 0 amide bonds. The number of oxazole rings is 1. The van der Waals surface area contributed by atoms with Crippen LogP contribution in [0.3, 0.4) is 0 Å². The van der Waals surface area contributed by atoms with E-state index in [1.54, 1.807) is 30.2 Å². The molecule has 1 atom stereocenters. The van der Waals surface area contributed by atoms with Crippen molar-refractivity contribution in [2.75, 3.05) is 12.0 Å². The van der Waals surface area contributed by atoms with Gasteiger partial charge >= 0.3 is 5.97 Å². The van der Waals surface area contributed by atoms with Crippen LogP contribution in [0.25, 0.3) is 11.1 Å². The summed E-state index contributed by atoms with van der Waals surface area (Å²) < 4.78 is 17.6. The summed E-state index contributed by atoms with van der Waals surface area (Å²) in [5, 5.41) is 10.6. The Balaban J connectivity index is 1.52. The molecule has 0 saturated heterocycles. The van der Waals surface area contributed by atoms with Crippen LogP contribution < -0.4 is 14.4 Å². The minimum absolute atomic E-state index is 0.214. The average molecular weight is 465 g/mol. The Bertz CT molecular complexity index is 1320. The summed E-state index contributed by atoms with van der Waals surface area (Å²) in [7, 11) is 1.57. The van der Waals surface area contributed by atoms with Crippen molar-refractivity contribution in [3.63, 3.8) is 0 Å². The molecule has 8 heteroatoms. The van der Waals surface area contributed by atoms with Gasteiger partial charge in [0.05, 0.1) is 7.11 Å². The van der Waals surface area contributed by atoms with Gasteiger partial charge in [0.15, 0.2) is 17.1 Å². The number of carboxylic acids is 1. The molecule has 1 aliphatic rings. The highest BCUT2D eigenvalue weighted by Gasteiger charge is 2.36. The smallest absolute Gasteiger partial charge is 0.326 e. The number of benzene rings is 3. The Morgan fingerprint density at radius 3 is 2.79 bits per heavy atom. The van der Waals surface area contributed by atoms with Gasteiger partial charge in [-0.1, -0.05) is 48.0 Å². The van der Waals surface area contributed by atoms with Gasteiger partial charge < -0.3 is 23.9 Å². The van der Waals surface area contributed by atoms with Gasteiger partial charge in [-0.25, -0.2) is 4.79 Å². The first kappa shape index (κ1) is 21.2. The van der Waals surface area contributed by atoms with Gasteiger partial charge in [0, 0.05) is 23.6 Å². The number of carboxylic acid groups (broad SMARTS) is 1. The van der Waals surface area contributed by atoms with E-state index in [0.29, 0.717) is 40.8 Å². The molecule has 1 aliphatic heterocycles. The highest BCUT2D eigenvalue weighted by Crippen LogP contribution is 2.40. The second kappa shape index (κ2) is 8.67. The van der Waals surface area contributed by atoms with Gasteiger partial charge in [-0.2, -0.15) is 4.98 Å². The predicted octanol–water partition coefficient (Wildman–Crippen LogP) is 5.08. The first-order chi connectivity index (χ1) is 16.0. The first-order valence-corrected chi connectivity index (χ1v) is 10.8. The van der Waals surface area contributed by atoms with Crippen LogP contribution in [-0.2, 0) is 24.4 Å². The van der Waals surface area contributed by atoms with E-state index in [0.717, 1.165) is 16.7 Å². The van der Waals surface area contributed by atoms with Gasteiger partial charge in [-0.3, -0.25) is 0 Å². The SMILES string of the molecule is COc1ccc2c(c1OCc1ccccc1)CC(C(=O)O)N(c1nc3cc(Cl)ccc3o1)C2. The van der Waals surface area contributed by atoms with Crippen molar-refractivity contribution in [3.05, 3.63) is 82.4 Å². The van der Waals surface area contributed by atoms with Crippen LogP contribution in [-0.4, -0.2) is 29.2 Å². The maximum atomic E-state index is 12.3. The summed E-state index contributed by atoms with van der Waals surface area (Å²) in [4.78, 5) is 18.4. The second-order valence-electron chi connectivity index (χ2n) is 7.80. The summed E-state index contributed by atoms with van der Waals surface area (Å²) in [5.41, 5.74) is 3.87. The van der Waals surface area contributed by atoms with E-state index in [2.05, 4.69) is 4.98 Å². The maximum absolute atomic E-state index is 12.3. The molecule has 1 N–H and O–H groups in total. The third-order valence-electron chi connectivity index (χ3n) is 5.75. The number of ether oxygens (including phenoxy) is 2. The molecule has 1 unspecified atom stereocenters. The topological polar surface area (TPSA) is 85.0 Å². The molecule has 0 spiro atoms. The zero-order valence-corrected chi connectivity index (χ0v) is 18.6. The number of hydrogen-bond donors (Lipinski definition) is 1. The number of methoxy groups -OCH3 is 1. The lowest BCUT2D eigenvalue weighted by Crippen LogP contribution is -2.46. The number of halogens is 1. The fraction of sp³-hybridized carbons (Fsp3) is 0.200. The average Bonchev–Trinajstić information content (AvgIpc) is 3.25. The normalized spacial score (nSPS) is 15.3. The third-order valence-corrected chi connectivity index (χ3v) is 5.99. The zero-order valence-electron chi connectivity index (χ0n) is 17.8. The number of anilines is 1. The molecule has 4 aromatic rings. The van der Waals surface area contributed by atoms with Crippen molar-refractivity contribution >= 4 is 34.7 Å². The minimum Gasteiger partial charge on any atom is -0.493 e. The van der Waals surface area contributed by atoms with E-state index in [-0.39, 0.29) is 12.4 Å². The number of fused-ring (bicyclic) bond motifs is 2. The Kier molecular flexibility index (Phi) is 5.56. The van der Waals surface area contributed by atoms with Crippen molar-refractivity contribution < 1.29 is 23.8 Å². The number of carbonyl (C=O) groups is 1. The molecule has 33 heavy (non-hydrogen) atoms. The molecule has 3 aromatic carbocycles. The van der Waals surface area contributed by atoms with Crippen LogP contribution in [0.2, 0.25) is 5.02 Å². The van der Waals surface area contributed by atoms with E-state index in [1.807, 2.05) is 42.5 Å². The van der Waals surface area contributed by atoms with Crippen molar-refractivity contribution in [2.45, 2.75) is 25.6 Å². The van der Waals surface area contributed by atoms with Crippen molar-refractivity contribution in [1.29, 1.82) is 0 Å². The number of nitrogens with zero attached hydrogens (tertiary/aromatic N) is 2. The van der Waals surface area contributed by atoms with Crippen LogP contribution in [0.15, 0.2) is 65.1 Å². The lowest BCUT2D eigenvalue weighted by molar-refractivity contribution is -0.138. The first-order valence-electron chi connectivity index (χ1n) is 10.4. The summed E-state index contributed by atoms with van der Waals surface area (Å²) >= 11 is 6.06. The van der Waals surface area contributed by atoms with Crippen LogP contribution in [0, 0.1) is 0 Å². The fourth-order valence-corrected chi connectivity index (χ4v) is 4.26. The van der Waals surface area contributed by atoms with E-state index in [4.69, 9.17) is 25.5 Å². The summed E-state index contributed by atoms with van der Waals surface area (Å²) in [5.74, 6) is 0.158. The predicted molar refractivity (Wildman–Crippen MR) is 124 cm³/mol. The molecule has 5 rings (SSSR count). The van der Waals surface area contributed by atoms with Crippen molar-refractivity contribution in [3.8, 4) is 11.5 Å². The lowest BCUT2D eigenvalue weighted by atomic mass is 9.93. The molecule has 0 aliphatic carbocycles. The number of hydrogen-bond acceptors (Lipinski definition) is 6. The van der Waals surface area contributed by atoms with Crippen molar-refractivity contribution in [2.24, 2.45) is 0 Å². The molecule has 0 saturated carbocycles. The van der Waals surface area contributed by atoms with Crippen LogP contribution >= 0.6 is 11.6 Å². The van der Waals surface area contributed by atoms with E-state index < -0.39 is 12.0 Å². The maximum Gasteiger partial charge on any atom is 0.326 e. The highest BCUT2D eigenvalue weighted by molar-refractivity contribution is 6.31. The number of rotatable bonds is 6. The molecular weight excluding hydrogens is 444 g/mol. The third kappa shape index (κ3) is 4.07. The Morgan fingerprint density at radius 2 is 2.03 bits per heavy atom. The molecular formula is C25H21ClN2O5. The zero-order chi connectivity index (χ0) is 22.9. The van der Waals surface area contributed by atoms with Gasteiger partial charge in [-0.05, 0) is 35.4 Å². The van der Waals surface area contributed by atoms with Gasteiger partial charge in [0.1, 0.15) is 18.2 Å². The minimum atomic E-state index is -0.974. The Labute approximate surface area is 195 Å². The largest absolute Gasteiger partial charge is 0.493 e. The summed E-state index contributed by atoms with van der Waals surface area (Å²) in [6.07, 6.45) is 0.214. The monoisotopic (exact) mass is 464 g/mol. The number of aliphatic carboxylic acids is 1. The Hall–Kier alpha value is -3.71. The number of aromatic nitrogens is 1. The van der Waals surface area contributed by atoms with Crippen LogP contribution in [0.4, 0.5) is 6.01 Å². The molecule has 7 nitrogen and oxygen atoms in total. The fourth-order valence-electron chi connectivity index (χ4n) is 4.10. The van der Waals surface area contributed by atoms with E-state index in [9.17, 15) is 9.90 Å². The van der Waals surface area contributed by atoms with Crippen LogP contribution in [0.5, 0.6) is 11.5 Å². The molecule has 168 valence electrons. The quantitative estimate of drug-likeness (QED) is 0.425. The highest BCUT2D eigenvalue weighted by atomic mass is 35.5. The molecule has 0 bridgehead atoms. The molecule has 0 fully saturated rings. The summed E-state index contributed by atoms with van der Waals surface area (Å²) in [6.45, 7) is 0.652. The second-order valence-corrected chi connectivity index (χ2v) is 8.24. The van der Waals surface area contributed by atoms with E-state index >= 15 is 0 Å². The summed E-state index contributed by atoms with van der Waals surface area (Å²) in [6, 6.07) is 18.0. The van der Waals surface area contributed by atoms with Gasteiger partial charge in [-0.15, -0.1) is 0 Å². The molecule has 1 aromatic heterocycles. The van der Waals surface area contributed by atoms with Gasteiger partial charge in [0.25, 0.3) is 6.01 Å². The van der Waals surface area contributed by atoms with Gasteiger partial charge in [0.2, 0.25) is 0 Å². The standard InChI is InChI=1S/C25H21ClN2O5/c1-31-22-9-7-16-13-28(25-27-19-11-17(26)8-10-21(19)33-25)20(24(29)30)12-18(16)23(22)32-14-15-5-3-2-4-6-15/h2-11,20H,12-14H2,1H3,(H,29,30). The Morgan fingerprint density at radius 1 is 1.21 bits per heavy atom. The molecule has 2 heterocycles. The molecule has 0 radical (unpaired) electrons. The van der Waals surface area contributed by atoms with Crippen LogP contribution in [0.1, 0.15) is 16.7 Å².